The summed E-state index contributed by atoms with van der Waals surface area (Å²) in [5, 5.41) is 8.40. The van der Waals surface area contributed by atoms with E-state index in [1.807, 2.05) is 0 Å². The summed E-state index contributed by atoms with van der Waals surface area (Å²) in [6.45, 7) is 2.29. The van der Waals surface area contributed by atoms with E-state index in [0.717, 1.165) is 17.8 Å². The van der Waals surface area contributed by atoms with Crippen molar-refractivity contribution in [1.29, 1.82) is 5.26 Å². The first kappa shape index (κ1) is 19.2. The fourth-order valence-corrected chi connectivity index (χ4v) is 4.77. The predicted octanol–water partition coefficient (Wildman–Crippen LogP) is 7.11. The van der Waals surface area contributed by atoms with Crippen molar-refractivity contribution in [2.45, 2.75) is 84.0 Å². The largest absolute Gasteiger partial charge is 0.199 e. The van der Waals surface area contributed by atoms with E-state index in [1.165, 1.54) is 89.2 Å². The van der Waals surface area contributed by atoms with Gasteiger partial charge in [0.1, 0.15) is 6.07 Å². The molecule has 0 atom stereocenters. The highest BCUT2D eigenvalue weighted by Gasteiger charge is 2.30. The second kappa shape index (κ2) is 10.7. The first-order valence-corrected chi connectivity index (χ1v) is 10.2. The van der Waals surface area contributed by atoms with E-state index in [2.05, 4.69) is 13.0 Å². The van der Waals surface area contributed by atoms with Gasteiger partial charge in [0.15, 0.2) is 5.83 Å². The normalized spacial score (nSPS) is 32.0. The SMILES string of the molecule is CCCCC[C@H]1CC[C@H]([C@H]2CC[C@H](C=CC=C(F)C#N)CC2)CC1. The number of nitrogens with zero attached hydrogens (tertiary/aromatic N) is 1. The lowest BCUT2D eigenvalue weighted by Gasteiger charge is -2.37. The molecule has 2 saturated carbocycles. The van der Waals surface area contributed by atoms with Crippen molar-refractivity contribution in [3.8, 4) is 6.07 Å². The summed E-state index contributed by atoms with van der Waals surface area (Å²) in [5.74, 6) is 2.78. The maximum Gasteiger partial charge on any atom is 0.199 e. The highest BCUT2D eigenvalue weighted by molar-refractivity contribution is 5.19. The Morgan fingerprint density at radius 2 is 1.62 bits per heavy atom. The molecule has 134 valence electrons. The van der Waals surface area contributed by atoms with Gasteiger partial charge in [-0.3, -0.25) is 0 Å². The predicted molar refractivity (Wildman–Crippen MR) is 99.0 cm³/mol. The second-order valence-corrected chi connectivity index (χ2v) is 7.96. The number of allylic oxidation sites excluding steroid dienone is 4. The maximum atomic E-state index is 12.8. The molecule has 0 aromatic carbocycles. The van der Waals surface area contributed by atoms with Gasteiger partial charge >= 0.3 is 0 Å². The van der Waals surface area contributed by atoms with Crippen LogP contribution in [0.1, 0.15) is 84.0 Å². The van der Waals surface area contributed by atoms with E-state index < -0.39 is 5.83 Å². The summed E-state index contributed by atoms with van der Waals surface area (Å²) >= 11 is 0. The van der Waals surface area contributed by atoms with Crippen LogP contribution in [0.4, 0.5) is 4.39 Å². The van der Waals surface area contributed by atoms with Gasteiger partial charge in [0.05, 0.1) is 0 Å². The Morgan fingerprint density at radius 1 is 1.00 bits per heavy atom. The lowest BCUT2D eigenvalue weighted by atomic mass is 9.68. The molecule has 2 fully saturated rings. The zero-order chi connectivity index (χ0) is 17.2. The van der Waals surface area contributed by atoms with Gasteiger partial charge in [0, 0.05) is 0 Å². The first-order valence-electron chi connectivity index (χ1n) is 10.2. The molecule has 0 saturated heterocycles. The fourth-order valence-electron chi connectivity index (χ4n) is 4.77. The summed E-state index contributed by atoms with van der Waals surface area (Å²) in [6, 6.07) is 1.52. The van der Waals surface area contributed by atoms with E-state index in [9.17, 15) is 4.39 Å². The standard InChI is InChI=1S/C22H34FN/c1-2-3-4-6-18-9-13-20(14-10-18)21-15-11-19(12-16-21)7-5-8-22(23)17-24/h5,7-8,18-21H,2-4,6,9-16H2,1H3/t18-,19-,20-,21-. The Balaban J connectivity index is 1.66. The molecule has 0 aromatic rings. The van der Waals surface area contributed by atoms with E-state index in [1.54, 1.807) is 6.08 Å². The van der Waals surface area contributed by atoms with Gasteiger partial charge in [-0.15, -0.1) is 0 Å². The summed E-state index contributed by atoms with van der Waals surface area (Å²) in [5.41, 5.74) is 0. The number of halogens is 1. The molecule has 0 N–H and O–H groups in total. The minimum atomic E-state index is -0.698. The number of nitriles is 1. The Bertz CT molecular complexity index is 443. The fraction of sp³-hybridized carbons (Fsp3) is 0.773. The topological polar surface area (TPSA) is 23.8 Å². The van der Waals surface area contributed by atoms with Crippen LogP contribution in [-0.4, -0.2) is 0 Å². The average Bonchev–Trinajstić information content (AvgIpc) is 2.63. The van der Waals surface area contributed by atoms with Crippen LogP contribution in [-0.2, 0) is 0 Å². The zero-order valence-corrected chi connectivity index (χ0v) is 15.4. The average molecular weight is 332 g/mol. The third kappa shape index (κ3) is 6.42. The van der Waals surface area contributed by atoms with Gasteiger partial charge in [0.2, 0.25) is 0 Å². The van der Waals surface area contributed by atoms with Crippen molar-refractivity contribution in [3.05, 3.63) is 24.1 Å². The third-order valence-electron chi connectivity index (χ3n) is 6.32. The molecule has 0 aromatic heterocycles. The van der Waals surface area contributed by atoms with Gasteiger partial charge in [-0.05, 0) is 68.3 Å². The summed E-state index contributed by atoms with van der Waals surface area (Å²) in [4.78, 5) is 0. The van der Waals surface area contributed by atoms with Crippen LogP contribution in [0.25, 0.3) is 0 Å². The molecule has 0 amide bonds. The van der Waals surface area contributed by atoms with Crippen LogP contribution >= 0.6 is 0 Å². The highest BCUT2D eigenvalue weighted by atomic mass is 19.1. The highest BCUT2D eigenvalue weighted by Crippen LogP contribution is 2.42. The van der Waals surface area contributed by atoms with Crippen molar-refractivity contribution < 1.29 is 4.39 Å². The van der Waals surface area contributed by atoms with Crippen molar-refractivity contribution in [1.82, 2.24) is 0 Å². The van der Waals surface area contributed by atoms with Crippen LogP contribution in [0.3, 0.4) is 0 Å². The molecule has 2 aliphatic rings. The molecule has 2 rings (SSSR count). The maximum absolute atomic E-state index is 12.8. The van der Waals surface area contributed by atoms with E-state index in [-0.39, 0.29) is 0 Å². The molecule has 0 heterocycles. The molecule has 0 bridgehead atoms. The molecular weight excluding hydrogens is 297 g/mol. The number of rotatable bonds is 7. The Morgan fingerprint density at radius 3 is 2.21 bits per heavy atom. The van der Waals surface area contributed by atoms with Crippen LogP contribution in [0.15, 0.2) is 24.1 Å². The van der Waals surface area contributed by atoms with Crippen molar-refractivity contribution in [2.75, 3.05) is 0 Å². The molecule has 0 aliphatic heterocycles. The Hall–Kier alpha value is -1.10. The minimum Gasteiger partial charge on any atom is -0.195 e. The van der Waals surface area contributed by atoms with E-state index >= 15 is 0 Å². The van der Waals surface area contributed by atoms with Gasteiger partial charge in [-0.1, -0.05) is 57.6 Å². The molecule has 0 spiro atoms. The van der Waals surface area contributed by atoms with Crippen molar-refractivity contribution >= 4 is 0 Å². The van der Waals surface area contributed by atoms with Crippen LogP contribution in [0.2, 0.25) is 0 Å². The molecule has 1 nitrogen and oxygen atoms in total. The molecule has 24 heavy (non-hydrogen) atoms. The van der Waals surface area contributed by atoms with E-state index in [0.29, 0.717) is 5.92 Å². The van der Waals surface area contributed by atoms with Crippen molar-refractivity contribution in [3.63, 3.8) is 0 Å². The number of unbranched alkanes of at least 4 members (excludes halogenated alkanes) is 2. The van der Waals surface area contributed by atoms with E-state index in [4.69, 9.17) is 5.26 Å². The minimum absolute atomic E-state index is 0.578. The molecule has 0 radical (unpaired) electrons. The van der Waals surface area contributed by atoms with Gasteiger partial charge < -0.3 is 0 Å². The molecular formula is C22H34FN. The van der Waals surface area contributed by atoms with Crippen LogP contribution < -0.4 is 0 Å². The quantitative estimate of drug-likeness (QED) is 0.277. The third-order valence-corrected chi connectivity index (χ3v) is 6.32. The first-order chi connectivity index (χ1) is 11.7. The number of hydrogen-bond acceptors (Lipinski definition) is 1. The molecule has 2 heteroatoms. The van der Waals surface area contributed by atoms with Gasteiger partial charge in [-0.2, -0.15) is 9.65 Å². The smallest absolute Gasteiger partial charge is 0.195 e. The van der Waals surface area contributed by atoms with Gasteiger partial charge in [-0.25, -0.2) is 0 Å². The molecule has 2 aliphatic carbocycles. The van der Waals surface area contributed by atoms with Crippen molar-refractivity contribution in [2.24, 2.45) is 23.7 Å². The van der Waals surface area contributed by atoms with Crippen LogP contribution in [0, 0.1) is 35.0 Å². The van der Waals surface area contributed by atoms with Gasteiger partial charge in [0.25, 0.3) is 0 Å². The lowest BCUT2D eigenvalue weighted by molar-refractivity contribution is 0.151. The number of hydrogen-bond donors (Lipinski definition) is 0. The Kier molecular flexibility index (Phi) is 8.57. The monoisotopic (exact) mass is 331 g/mol. The summed E-state index contributed by atoms with van der Waals surface area (Å²) in [7, 11) is 0. The molecule has 0 unspecified atom stereocenters. The van der Waals surface area contributed by atoms with Crippen LogP contribution in [0.5, 0.6) is 0 Å². The Labute approximate surface area is 148 Å². The summed E-state index contributed by atoms with van der Waals surface area (Å²) < 4.78 is 12.8. The second-order valence-electron chi connectivity index (χ2n) is 7.96. The summed E-state index contributed by atoms with van der Waals surface area (Å²) in [6.07, 6.45) is 21.7. The zero-order valence-electron chi connectivity index (χ0n) is 15.4. The lowest BCUT2D eigenvalue weighted by Crippen LogP contribution is -2.25.